The molecule has 2 aliphatic heterocycles. The summed E-state index contributed by atoms with van der Waals surface area (Å²) >= 11 is 0. The van der Waals surface area contributed by atoms with Gasteiger partial charge in [0.1, 0.15) is 6.04 Å². The molecule has 1 unspecified atom stereocenters. The Balaban J connectivity index is 1.60. The Morgan fingerprint density at radius 1 is 1.00 bits per heavy atom. The summed E-state index contributed by atoms with van der Waals surface area (Å²) in [4.78, 5) is 73.5. The zero-order chi connectivity index (χ0) is 23.3. The Morgan fingerprint density at radius 2 is 1.69 bits per heavy atom. The van der Waals surface area contributed by atoms with E-state index in [1.54, 1.807) is 11.5 Å². The summed E-state index contributed by atoms with van der Waals surface area (Å²) in [5, 5.41) is 13.2. The van der Waals surface area contributed by atoms with Gasteiger partial charge in [-0.15, -0.1) is 0 Å². The average molecular weight is 444 g/mol. The van der Waals surface area contributed by atoms with Gasteiger partial charge in [-0.3, -0.25) is 44.2 Å². The summed E-state index contributed by atoms with van der Waals surface area (Å²) in [6, 6.07) is 3.44. The lowest BCUT2D eigenvalue weighted by Gasteiger charge is -2.27. The number of hydrogen-bond acceptors (Lipinski definition) is 7. The summed E-state index contributed by atoms with van der Waals surface area (Å²) < 4.78 is 0. The average Bonchev–Trinajstić information content (AvgIpc) is 3.01. The van der Waals surface area contributed by atoms with Crippen LogP contribution in [0.3, 0.4) is 0 Å². The summed E-state index contributed by atoms with van der Waals surface area (Å²) in [5.41, 5.74) is 1.89. The second-order valence-corrected chi connectivity index (χ2v) is 7.67. The molecule has 0 aromatic heterocycles. The van der Waals surface area contributed by atoms with Crippen molar-refractivity contribution in [2.45, 2.75) is 57.4 Å². The largest absolute Gasteiger partial charge is 0.325 e. The smallest absolute Gasteiger partial charge is 0.264 e. The minimum absolute atomic E-state index is 0.0259. The van der Waals surface area contributed by atoms with Crippen molar-refractivity contribution in [3.63, 3.8) is 0 Å². The molecule has 170 valence electrons. The Kier molecular flexibility index (Phi) is 7.31. The molecule has 1 aromatic rings. The molecule has 32 heavy (non-hydrogen) atoms. The number of piperidine rings is 1. The van der Waals surface area contributed by atoms with Crippen LogP contribution in [0.15, 0.2) is 18.2 Å². The molecule has 1 fully saturated rings. The molecule has 11 heteroatoms. The first-order valence-corrected chi connectivity index (χ1v) is 10.4. The van der Waals surface area contributed by atoms with Gasteiger partial charge in [0.25, 0.3) is 11.8 Å². The van der Waals surface area contributed by atoms with Gasteiger partial charge in [-0.05, 0) is 31.4 Å². The second-order valence-electron chi connectivity index (χ2n) is 7.67. The number of nitrogens with one attached hydrogen (secondary N) is 3. The lowest BCUT2D eigenvalue weighted by molar-refractivity contribution is -0.136. The Morgan fingerprint density at radius 3 is 2.34 bits per heavy atom. The number of rotatable bonds is 9. The quantitative estimate of drug-likeness (QED) is 0.190. The molecule has 0 aliphatic carbocycles. The van der Waals surface area contributed by atoms with E-state index in [1.165, 1.54) is 12.1 Å². The van der Waals surface area contributed by atoms with Crippen LogP contribution in [0.25, 0.3) is 0 Å². The molecule has 3 rings (SSSR count). The van der Waals surface area contributed by atoms with Crippen LogP contribution in [0.5, 0.6) is 0 Å². The van der Waals surface area contributed by atoms with Crippen LogP contribution >= 0.6 is 0 Å². The number of carbonyl (C=O) groups excluding carboxylic acids is 6. The van der Waals surface area contributed by atoms with Crippen LogP contribution in [0.2, 0.25) is 0 Å². The molecule has 0 saturated carbocycles. The van der Waals surface area contributed by atoms with Crippen LogP contribution in [-0.4, -0.2) is 51.6 Å². The van der Waals surface area contributed by atoms with Crippen molar-refractivity contribution in [2.75, 3.05) is 5.32 Å². The van der Waals surface area contributed by atoms with Gasteiger partial charge in [0.05, 0.1) is 16.8 Å². The predicted octanol–water partition coefficient (Wildman–Crippen LogP) is 0.872. The van der Waals surface area contributed by atoms with Crippen molar-refractivity contribution in [3.05, 3.63) is 29.3 Å². The molecule has 11 nitrogen and oxygen atoms in total. The number of benzene rings is 1. The maximum atomic E-state index is 13.0. The van der Waals surface area contributed by atoms with E-state index in [1.807, 2.05) is 0 Å². The molecular formula is C21H24N4O7. The highest BCUT2D eigenvalue weighted by atomic mass is 16.5. The fourth-order valence-corrected chi connectivity index (χ4v) is 3.81. The molecule has 6 amide bonds. The maximum Gasteiger partial charge on any atom is 0.264 e. The molecule has 1 atom stereocenters. The Hall–Kier alpha value is -3.60. The lowest BCUT2D eigenvalue weighted by atomic mass is 10.0. The highest BCUT2D eigenvalue weighted by Crippen LogP contribution is 2.32. The van der Waals surface area contributed by atoms with Gasteiger partial charge in [-0.25, -0.2) is 5.48 Å². The molecular weight excluding hydrogens is 420 g/mol. The van der Waals surface area contributed by atoms with Crippen LogP contribution in [0.4, 0.5) is 5.69 Å². The van der Waals surface area contributed by atoms with Gasteiger partial charge < -0.3 is 5.32 Å². The number of unbranched alkanes of at least 4 members (excludes halogenated alkanes) is 3. The third kappa shape index (κ3) is 4.99. The van der Waals surface area contributed by atoms with Crippen LogP contribution in [0, 0.1) is 0 Å². The topological polar surface area (TPSA) is 162 Å². The van der Waals surface area contributed by atoms with Gasteiger partial charge in [0, 0.05) is 19.3 Å². The third-order valence-electron chi connectivity index (χ3n) is 5.42. The fourth-order valence-electron chi connectivity index (χ4n) is 3.81. The van der Waals surface area contributed by atoms with Crippen LogP contribution in [-0.2, 0) is 19.2 Å². The van der Waals surface area contributed by atoms with E-state index in [0.717, 1.165) is 11.3 Å². The Bertz CT molecular complexity index is 975. The van der Waals surface area contributed by atoms with Crippen LogP contribution in [0.1, 0.15) is 72.1 Å². The number of anilines is 1. The molecule has 0 bridgehead atoms. The number of imide groups is 2. The first-order valence-electron chi connectivity index (χ1n) is 10.4. The van der Waals surface area contributed by atoms with Crippen molar-refractivity contribution in [1.29, 1.82) is 0 Å². The number of fused-ring (bicyclic) bond motifs is 1. The number of amides is 6. The van der Waals surface area contributed by atoms with E-state index in [-0.39, 0.29) is 48.4 Å². The fraction of sp³-hybridized carbons (Fsp3) is 0.429. The monoisotopic (exact) mass is 444 g/mol. The Labute approximate surface area is 183 Å². The number of hydrogen-bond donors (Lipinski definition) is 4. The van der Waals surface area contributed by atoms with E-state index >= 15 is 0 Å². The van der Waals surface area contributed by atoms with Gasteiger partial charge in [-0.1, -0.05) is 18.9 Å². The van der Waals surface area contributed by atoms with Gasteiger partial charge in [0.15, 0.2) is 0 Å². The molecule has 2 heterocycles. The SMILES string of the molecule is O=C(CCCCCCC(=O)Nc1cccc2c1C(=O)N(C1CCC(=O)NC1=O)C2=O)NO. The van der Waals surface area contributed by atoms with E-state index in [0.29, 0.717) is 19.3 Å². The second kappa shape index (κ2) is 10.1. The van der Waals surface area contributed by atoms with Crippen molar-refractivity contribution >= 4 is 41.1 Å². The molecule has 0 radical (unpaired) electrons. The maximum absolute atomic E-state index is 13.0. The van der Waals surface area contributed by atoms with E-state index in [2.05, 4.69) is 10.6 Å². The number of hydroxylamine groups is 1. The standard InChI is InChI=1S/C21H24N4O7/c26-15(8-3-1-2-4-9-17(28)24-32)22-13-7-5-6-12-18(13)21(31)25(20(12)30)14-10-11-16(27)23-19(14)29/h5-7,14,32H,1-4,8-11H2,(H,22,26)(H,24,28)(H,23,27,29). The first kappa shape index (κ1) is 23.1. The summed E-state index contributed by atoms with van der Waals surface area (Å²) in [6.45, 7) is 0. The number of carbonyl (C=O) groups is 6. The van der Waals surface area contributed by atoms with Gasteiger partial charge in [0.2, 0.25) is 23.6 Å². The molecule has 1 saturated heterocycles. The van der Waals surface area contributed by atoms with Crippen molar-refractivity contribution < 1.29 is 34.0 Å². The zero-order valence-electron chi connectivity index (χ0n) is 17.3. The number of nitrogens with zero attached hydrogens (tertiary/aromatic N) is 1. The molecule has 4 N–H and O–H groups in total. The minimum Gasteiger partial charge on any atom is -0.325 e. The van der Waals surface area contributed by atoms with Gasteiger partial charge in [-0.2, -0.15) is 0 Å². The molecule has 1 aromatic carbocycles. The van der Waals surface area contributed by atoms with Crippen LogP contribution < -0.4 is 16.1 Å². The third-order valence-corrected chi connectivity index (χ3v) is 5.42. The van der Waals surface area contributed by atoms with Gasteiger partial charge >= 0.3 is 0 Å². The highest BCUT2D eigenvalue weighted by molar-refractivity contribution is 6.26. The van der Waals surface area contributed by atoms with Crippen molar-refractivity contribution in [1.82, 2.24) is 15.7 Å². The van der Waals surface area contributed by atoms with E-state index < -0.39 is 35.6 Å². The summed E-state index contributed by atoms with van der Waals surface area (Å²) in [5.74, 6) is -3.25. The normalized spacial score (nSPS) is 17.8. The molecule has 2 aliphatic rings. The van der Waals surface area contributed by atoms with Crippen molar-refractivity contribution in [3.8, 4) is 0 Å². The highest BCUT2D eigenvalue weighted by Gasteiger charge is 2.45. The minimum atomic E-state index is -1.07. The zero-order valence-corrected chi connectivity index (χ0v) is 17.3. The van der Waals surface area contributed by atoms with E-state index in [4.69, 9.17) is 5.21 Å². The van der Waals surface area contributed by atoms with Crippen molar-refractivity contribution in [2.24, 2.45) is 0 Å². The molecule has 0 spiro atoms. The van der Waals surface area contributed by atoms with E-state index in [9.17, 15) is 28.8 Å². The predicted molar refractivity (Wildman–Crippen MR) is 109 cm³/mol. The summed E-state index contributed by atoms with van der Waals surface area (Å²) in [6.07, 6.45) is 3.06. The first-order chi connectivity index (χ1) is 15.3. The summed E-state index contributed by atoms with van der Waals surface area (Å²) in [7, 11) is 0. The lowest BCUT2D eigenvalue weighted by Crippen LogP contribution is -2.54.